The first-order valence-corrected chi connectivity index (χ1v) is 10.6. The molecule has 0 aliphatic carbocycles. The molecule has 146 valence electrons. The summed E-state index contributed by atoms with van der Waals surface area (Å²) in [5, 5.41) is 0. The molecule has 1 aromatic rings. The molecule has 1 saturated heterocycles. The Morgan fingerprint density at radius 1 is 1.31 bits per heavy atom. The lowest BCUT2D eigenvalue weighted by Crippen LogP contribution is -2.43. The number of carbonyl (C=O) groups is 1. The summed E-state index contributed by atoms with van der Waals surface area (Å²) in [6.07, 6.45) is 1.96. The van der Waals surface area contributed by atoms with Crippen molar-refractivity contribution in [2.75, 3.05) is 26.2 Å². The van der Waals surface area contributed by atoms with Crippen molar-refractivity contribution in [2.45, 2.75) is 44.0 Å². The number of nitrogens with two attached hydrogens (primary N) is 1. The molecule has 1 aliphatic heterocycles. The van der Waals surface area contributed by atoms with Gasteiger partial charge < -0.3 is 15.4 Å². The number of carbonyl (C=O) groups excluding carboxylic acids is 1. The van der Waals surface area contributed by atoms with Gasteiger partial charge in [0.25, 0.3) is 0 Å². The second kappa shape index (κ2) is 9.34. The lowest BCUT2D eigenvalue weighted by Gasteiger charge is -2.33. The fourth-order valence-corrected chi connectivity index (χ4v) is 4.12. The molecule has 1 amide bonds. The second-order valence-electron chi connectivity index (χ2n) is 6.63. The number of sulfonamides is 1. The van der Waals surface area contributed by atoms with Crippen LogP contribution in [-0.4, -0.2) is 51.5 Å². The first-order valence-electron chi connectivity index (χ1n) is 9.09. The Morgan fingerprint density at radius 2 is 1.92 bits per heavy atom. The van der Waals surface area contributed by atoms with Gasteiger partial charge in [-0.25, -0.2) is 13.1 Å². The monoisotopic (exact) mass is 383 g/mol. The van der Waals surface area contributed by atoms with Crippen molar-refractivity contribution in [1.82, 2.24) is 9.62 Å². The number of hydrogen-bond donors (Lipinski definition) is 2. The molecule has 1 unspecified atom stereocenters. The third-order valence-corrected chi connectivity index (χ3v) is 6.19. The first-order chi connectivity index (χ1) is 12.3. The van der Waals surface area contributed by atoms with Crippen molar-refractivity contribution >= 4 is 15.9 Å². The van der Waals surface area contributed by atoms with Gasteiger partial charge in [0.1, 0.15) is 5.75 Å². The molecular weight excluding hydrogens is 354 g/mol. The molecule has 1 fully saturated rings. The number of ether oxygens (including phenoxy) is 1. The Balaban J connectivity index is 1.80. The van der Waals surface area contributed by atoms with Crippen LogP contribution in [0.15, 0.2) is 29.2 Å². The Bertz CT molecular complexity index is 681. The predicted molar refractivity (Wildman–Crippen MR) is 100 cm³/mol. The molecule has 3 N–H and O–H groups in total. The highest BCUT2D eigenvalue weighted by atomic mass is 32.2. The number of nitrogens with one attached hydrogen (secondary N) is 1. The van der Waals surface area contributed by atoms with E-state index in [0.717, 1.165) is 12.8 Å². The number of likely N-dealkylation sites (tertiary alicyclic amines) is 1. The minimum Gasteiger partial charge on any atom is -0.494 e. The molecule has 0 saturated carbocycles. The average Bonchev–Trinajstić information content (AvgIpc) is 2.62. The molecule has 0 bridgehead atoms. The zero-order valence-corrected chi connectivity index (χ0v) is 16.3. The predicted octanol–water partition coefficient (Wildman–Crippen LogP) is 1.34. The largest absolute Gasteiger partial charge is 0.494 e. The fraction of sp³-hybridized carbons (Fsp3) is 0.611. The first kappa shape index (κ1) is 20.7. The van der Waals surface area contributed by atoms with Gasteiger partial charge >= 0.3 is 0 Å². The van der Waals surface area contributed by atoms with Crippen LogP contribution in [0.2, 0.25) is 0 Å². The molecule has 0 spiro atoms. The van der Waals surface area contributed by atoms with E-state index in [1.807, 2.05) is 13.8 Å². The van der Waals surface area contributed by atoms with Gasteiger partial charge in [0.2, 0.25) is 15.9 Å². The zero-order valence-electron chi connectivity index (χ0n) is 15.5. The van der Waals surface area contributed by atoms with Crippen LogP contribution in [0.3, 0.4) is 0 Å². The number of benzene rings is 1. The van der Waals surface area contributed by atoms with Gasteiger partial charge in [-0.3, -0.25) is 4.79 Å². The van der Waals surface area contributed by atoms with Crippen LogP contribution in [0.1, 0.15) is 33.1 Å². The van der Waals surface area contributed by atoms with Gasteiger partial charge in [-0.2, -0.15) is 0 Å². The van der Waals surface area contributed by atoms with E-state index in [2.05, 4.69) is 4.72 Å². The molecule has 0 radical (unpaired) electrons. The van der Waals surface area contributed by atoms with Crippen molar-refractivity contribution < 1.29 is 17.9 Å². The van der Waals surface area contributed by atoms with E-state index >= 15 is 0 Å². The van der Waals surface area contributed by atoms with Crippen LogP contribution in [0.5, 0.6) is 5.75 Å². The van der Waals surface area contributed by atoms with Crippen molar-refractivity contribution in [3.63, 3.8) is 0 Å². The van der Waals surface area contributed by atoms with E-state index in [-0.39, 0.29) is 29.8 Å². The van der Waals surface area contributed by atoms with Crippen LogP contribution in [0.25, 0.3) is 0 Å². The summed E-state index contributed by atoms with van der Waals surface area (Å²) >= 11 is 0. The number of hydrogen-bond acceptors (Lipinski definition) is 5. The molecule has 26 heavy (non-hydrogen) atoms. The van der Waals surface area contributed by atoms with E-state index in [1.54, 1.807) is 17.0 Å². The minimum absolute atomic E-state index is 0.0254. The highest BCUT2D eigenvalue weighted by Crippen LogP contribution is 2.20. The molecule has 1 atom stereocenters. The molecule has 0 aromatic heterocycles. The number of nitrogens with zero attached hydrogens (tertiary/aromatic N) is 1. The molecule has 1 aromatic carbocycles. The zero-order chi connectivity index (χ0) is 19.2. The third-order valence-electron chi connectivity index (χ3n) is 4.71. The molecule has 2 rings (SSSR count). The fourth-order valence-electron chi connectivity index (χ4n) is 3.09. The minimum atomic E-state index is -3.63. The van der Waals surface area contributed by atoms with Crippen molar-refractivity contribution in [1.29, 1.82) is 0 Å². The third kappa shape index (κ3) is 5.69. The Kier molecular flexibility index (Phi) is 7.43. The van der Waals surface area contributed by atoms with Crippen LogP contribution < -0.4 is 15.2 Å². The second-order valence-corrected chi connectivity index (χ2v) is 8.40. The van der Waals surface area contributed by atoms with Crippen LogP contribution in [0, 0.1) is 5.92 Å². The Morgan fingerprint density at radius 3 is 2.46 bits per heavy atom. The number of rotatable bonds is 8. The quantitative estimate of drug-likeness (QED) is 0.705. The summed E-state index contributed by atoms with van der Waals surface area (Å²) in [4.78, 5) is 14.2. The van der Waals surface area contributed by atoms with E-state index in [1.165, 1.54) is 12.1 Å². The number of piperidine rings is 1. The lowest BCUT2D eigenvalue weighted by molar-refractivity contribution is -0.132. The normalized spacial score (nSPS) is 17.1. The summed E-state index contributed by atoms with van der Waals surface area (Å²) in [5.41, 5.74) is 5.91. The van der Waals surface area contributed by atoms with Gasteiger partial charge in [-0.1, -0.05) is 0 Å². The molecular formula is C18H29N3O4S. The summed E-state index contributed by atoms with van der Waals surface area (Å²) in [5.74, 6) is 1.05. The van der Waals surface area contributed by atoms with E-state index in [9.17, 15) is 13.2 Å². The van der Waals surface area contributed by atoms with Crippen molar-refractivity contribution in [2.24, 2.45) is 11.7 Å². The number of amides is 1. The van der Waals surface area contributed by atoms with Gasteiger partial charge in [-0.15, -0.1) is 0 Å². The lowest BCUT2D eigenvalue weighted by atomic mass is 9.91. The van der Waals surface area contributed by atoms with E-state index in [4.69, 9.17) is 10.5 Å². The van der Waals surface area contributed by atoms with E-state index < -0.39 is 10.0 Å². The van der Waals surface area contributed by atoms with Gasteiger partial charge in [0.05, 0.1) is 11.5 Å². The molecule has 8 heteroatoms. The summed E-state index contributed by atoms with van der Waals surface area (Å²) in [6.45, 7) is 5.85. The molecule has 7 nitrogen and oxygen atoms in total. The average molecular weight is 384 g/mol. The summed E-state index contributed by atoms with van der Waals surface area (Å²) in [7, 11) is -3.63. The molecule has 1 heterocycles. The summed E-state index contributed by atoms with van der Waals surface area (Å²) < 4.78 is 32.4. The van der Waals surface area contributed by atoms with Crippen molar-refractivity contribution in [3.8, 4) is 5.75 Å². The van der Waals surface area contributed by atoms with Gasteiger partial charge in [0, 0.05) is 32.1 Å². The highest BCUT2D eigenvalue weighted by molar-refractivity contribution is 7.89. The van der Waals surface area contributed by atoms with Gasteiger partial charge in [-0.05, 0) is 56.9 Å². The maximum atomic E-state index is 12.3. The SMILES string of the molecule is CCOc1ccc(S(=O)(=O)NCCC(=O)N2CCC(C(C)N)CC2)cc1. The van der Waals surface area contributed by atoms with Crippen molar-refractivity contribution in [3.05, 3.63) is 24.3 Å². The van der Waals surface area contributed by atoms with Gasteiger partial charge in [0.15, 0.2) is 0 Å². The Hall–Kier alpha value is -1.64. The topological polar surface area (TPSA) is 102 Å². The van der Waals surface area contributed by atoms with E-state index in [0.29, 0.717) is 31.4 Å². The smallest absolute Gasteiger partial charge is 0.240 e. The maximum absolute atomic E-state index is 12.3. The standard InChI is InChI=1S/C18H29N3O4S/c1-3-25-16-4-6-17(7-5-16)26(23,24)20-11-8-18(22)21-12-9-15(10-13-21)14(2)19/h4-7,14-15,20H,3,8-13,19H2,1-2H3. The van der Waals surface area contributed by atoms with Crippen LogP contribution in [0.4, 0.5) is 0 Å². The Labute approximate surface area is 155 Å². The summed E-state index contributed by atoms with van der Waals surface area (Å²) in [6, 6.07) is 6.37. The highest BCUT2D eigenvalue weighted by Gasteiger charge is 2.24. The molecule has 1 aliphatic rings. The van der Waals surface area contributed by atoms with Crippen LogP contribution in [-0.2, 0) is 14.8 Å². The maximum Gasteiger partial charge on any atom is 0.240 e. The van der Waals surface area contributed by atoms with Crippen LogP contribution >= 0.6 is 0 Å².